The molecule has 0 radical (unpaired) electrons. The summed E-state index contributed by atoms with van der Waals surface area (Å²) in [5, 5.41) is 2.88. The molecule has 1 aliphatic heterocycles. The van der Waals surface area contributed by atoms with Gasteiger partial charge in [0.25, 0.3) is 0 Å². The Morgan fingerprint density at radius 3 is 2.32 bits per heavy atom. The first kappa shape index (κ1) is 21.7. The number of nitrogens with one attached hydrogen (secondary N) is 1. The van der Waals surface area contributed by atoms with Gasteiger partial charge in [-0.2, -0.15) is 13.2 Å². The normalized spacial score (nSPS) is 17.3. The fraction of sp³-hybridized carbons (Fsp3) is 0.389. The molecule has 0 saturated carbocycles. The van der Waals surface area contributed by atoms with Crippen LogP contribution in [0.1, 0.15) is 30.9 Å². The van der Waals surface area contributed by atoms with Crippen molar-refractivity contribution in [1.82, 2.24) is 10.3 Å². The number of dihydropyridines is 1. The van der Waals surface area contributed by atoms with E-state index in [0.717, 1.165) is 13.2 Å². The van der Waals surface area contributed by atoms with Crippen molar-refractivity contribution < 1.29 is 32.2 Å². The summed E-state index contributed by atoms with van der Waals surface area (Å²) in [7, 11) is 1.14. The van der Waals surface area contributed by atoms with Gasteiger partial charge in [-0.25, -0.2) is 9.59 Å². The summed E-state index contributed by atoms with van der Waals surface area (Å²) in [5.74, 6) is -2.70. The molecule has 1 N–H and O–H groups in total. The highest BCUT2D eigenvalue weighted by molar-refractivity contribution is 6.18. The summed E-state index contributed by atoms with van der Waals surface area (Å²) in [6.07, 6.45) is -2.80. The topological polar surface area (TPSA) is 77.5 Å². The third kappa shape index (κ3) is 4.46. The van der Waals surface area contributed by atoms with Crippen LogP contribution in [0.5, 0.6) is 0 Å². The van der Waals surface area contributed by atoms with Crippen molar-refractivity contribution in [3.05, 3.63) is 52.1 Å². The Morgan fingerprint density at radius 2 is 1.79 bits per heavy atom. The van der Waals surface area contributed by atoms with Crippen molar-refractivity contribution in [3.63, 3.8) is 0 Å². The largest absolute Gasteiger partial charge is 0.466 e. The number of esters is 2. The average Bonchev–Trinajstić information content (AvgIpc) is 2.64. The average molecular weight is 419 g/mol. The van der Waals surface area contributed by atoms with Gasteiger partial charge in [-0.3, -0.25) is 4.98 Å². The standard InChI is InChI=1S/C18H18ClF3N2O4/c1-9-13(16(25)27-3)15(11-6-12(8-23-7-11)18(20,21)22)14(10(2)24-9)17(26)28-5-4-19/h6-8,15,24H,4-5H2,1-3H3. The van der Waals surface area contributed by atoms with Crippen LogP contribution in [0.25, 0.3) is 0 Å². The molecule has 2 heterocycles. The number of carbonyl (C=O) groups excluding carboxylic acids is 2. The minimum absolute atomic E-state index is 0.00736. The second kappa shape index (κ2) is 8.64. The molecule has 0 aromatic carbocycles. The van der Waals surface area contributed by atoms with Crippen molar-refractivity contribution in [2.75, 3.05) is 19.6 Å². The lowest BCUT2D eigenvalue weighted by atomic mass is 9.80. The number of allylic oxidation sites excluding steroid dienone is 2. The van der Waals surface area contributed by atoms with Crippen molar-refractivity contribution >= 4 is 23.5 Å². The number of ether oxygens (including phenoxy) is 2. The van der Waals surface area contributed by atoms with E-state index < -0.39 is 29.6 Å². The van der Waals surface area contributed by atoms with Crippen LogP contribution in [0.15, 0.2) is 41.0 Å². The van der Waals surface area contributed by atoms with Crippen molar-refractivity contribution in [3.8, 4) is 0 Å². The van der Waals surface area contributed by atoms with E-state index in [1.165, 1.54) is 6.20 Å². The first-order valence-corrected chi connectivity index (χ1v) is 8.67. The van der Waals surface area contributed by atoms with E-state index in [9.17, 15) is 22.8 Å². The number of carbonyl (C=O) groups is 2. The fourth-order valence-corrected chi connectivity index (χ4v) is 3.04. The van der Waals surface area contributed by atoms with Crippen LogP contribution >= 0.6 is 11.6 Å². The molecule has 152 valence electrons. The molecule has 0 amide bonds. The Morgan fingerprint density at radius 1 is 1.18 bits per heavy atom. The summed E-state index contributed by atoms with van der Waals surface area (Å²) in [4.78, 5) is 28.6. The van der Waals surface area contributed by atoms with Crippen molar-refractivity contribution in [2.24, 2.45) is 0 Å². The second-order valence-corrected chi connectivity index (χ2v) is 6.33. The van der Waals surface area contributed by atoms with Crippen LogP contribution in [0.2, 0.25) is 0 Å². The highest BCUT2D eigenvalue weighted by atomic mass is 35.5. The molecule has 1 aliphatic rings. The predicted molar refractivity (Wildman–Crippen MR) is 94.2 cm³/mol. The van der Waals surface area contributed by atoms with Gasteiger partial charge in [-0.05, 0) is 25.5 Å². The number of pyridine rings is 1. The zero-order valence-electron chi connectivity index (χ0n) is 15.3. The third-order valence-corrected chi connectivity index (χ3v) is 4.27. The van der Waals surface area contributed by atoms with Crippen molar-refractivity contribution in [1.29, 1.82) is 0 Å². The lowest BCUT2D eigenvalue weighted by molar-refractivity contribution is -0.139. The maximum atomic E-state index is 13.2. The third-order valence-electron chi connectivity index (χ3n) is 4.12. The van der Waals surface area contributed by atoms with E-state index in [1.807, 2.05) is 0 Å². The number of rotatable bonds is 5. The number of halogens is 4. The van der Waals surface area contributed by atoms with Gasteiger partial charge in [-0.1, -0.05) is 0 Å². The molecule has 6 nitrogen and oxygen atoms in total. The van der Waals surface area contributed by atoms with Gasteiger partial charge >= 0.3 is 18.1 Å². The van der Waals surface area contributed by atoms with E-state index in [1.54, 1.807) is 13.8 Å². The Kier molecular flexibility index (Phi) is 6.71. The van der Waals surface area contributed by atoms with Gasteiger partial charge in [-0.15, -0.1) is 11.6 Å². The van der Waals surface area contributed by atoms with Crippen LogP contribution in [0.3, 0.4) is 0 Å². The quantitative estimate of drug-likeness (QED) is 0.584. The molecular weight excluding hydrogens is 401 g/mol. The SMILES string of the molecule is COC(=O)C1=C(C)NC(C)=C(C(=O)OCCCl)C1c1cncc(C(F)(F)F)c1. The zero-order chi connectivity index (χ0) is 21.1. The highest BCUT2D eigenvalue weighted by Gasteiger charge is 2.39. The Balaban J connectivity index is 2.67. The summed E-state index contributed by atoms with van der Waals surface area (Å²) < 4.78 is 49.3. The second-order valence-electron chi connectivity index (χ2n) is 5.96. The highest BCUT2D eigenvalue weighted by Crippen LogP contribution is 2.40. The number of aromatic nitrogens is 1. The number of alkyl halides is 4. The van der Waals surface area contributed by atoms with Gasteiger partial charge < -0.3 is 14.8 Å². The van der Waals surface area contributed by atoms with Crippen LogP contribution < -0.4 is 5.32 Å². The molecule has 0 saturated heterocycles. The zero-order valence-corrected chi connectivity index (χ0v) is 16.1. The lowest BCUT2D eigenvalue weighted by Gasteiger charge is -2.30. The minimum Gasteiger partial charge on any atom is -0.466 e. The van der Waals surface area contributed by atoms with Crippen LogP contribution in [0.4, 0.5) is 13.2 Å². The molecule has 0 fully saturated rings. The summed E-state index contributed by atoms with van der Waals surface area (Å²) in [6.45, 7) is 3.02. The molecule has 1 unspecified atom stereocenters. The molecule has 1 aromatic heterocycles. The van der Waals surface area contributed by atoms with E-state index in [-0.39, 0.29) is 29.2 Å². The monoisotopic (exact) mass is 418 g/mol. The summed E-state index contributed by atoms with van der Waals surface area (Å²) in [5.41, 5.74) is -0.332. The van der Waals surface area contributed by atoms with Gasteiger partial charge in [0.2, 0.25) is 0 Å². The molecule has 0 spiro atoms. The van der Waals surface area contributed by atoms with Gasteiger partial charge in [0.05, 0.1) is 35.6 Å². The lowest BCUT2D eigenvalue weighted by Crippen LogP contribution is -2.32. The van der Waals surface area contributed by atoms with E-state index in [4.69, 9.17) is 21.1 Å². The fourth-order valence-electron chi connectivity index (χ4n) is 2.96. The molecule has 28 heavy (non-hydrogen) atoms. The number of nitrogens with zero attached hydrogens (tertiary/aromatic N) is 1. The molecule has 2 rings (SSSR count). The Labute approximate surface area is 164 Å². The summed E-state index contributed by atoms with van der Waals surface area (Å²) >= 11 is 5.54. The number of hydrogen-bond donors (Lipinski definition) is 1. The Hall–Kier alpha value is -2.55. The number of methoxy groups -OCH3 is 1. The molecule has 1 aromatic rings. The molecule has 10 heteroatoms. The van der Waals surface area contributed by atoms with Gasteiger partial charge in [0.1, 0.15) is 6.61 Å². The maximum Gasteiger partial charge on any atom is 0.417 e. The van der Waals surface area contributed by atoms with Gasteiger partial charge in [0.15, 0.2) is 0 Å². The number of hydrogen-bond acceptors (Lipinski definition) is 6. The first-order valence-electron chi connectivity index (χ1n) is 8.13. The Bertz CT molecular complexity index is 849. The van der Waals surface area contributed by atoms with Gasteiger partial charge in [0, 0.05) is 23.8 Å². The smallest absolute Gasteiger partial charge is 0.417 e. The molecular formula is C18H18ClF3N2O4. The molecule has 1 atom stereocenters. The van der Waals surface area contributed by atoms with E-state index in [0.29, 0.717) is 17.6 Å². The summed E-state index contributed by atoms with van der Waals surface area (Å²) in [6, 6.07) is 0.849. The van der Waals surface area contributed by atoms with Crippen LogP contribution in [-0.2, 0) is 25.2 Å². The molecule has 0 aliphatic carbocycles. The van der Waals surface area contributed by atoms with E-state index >= 15 is 0 Å². The van der Waals surface area contributed by atoms with E-state index in [2.05, 4.69) is 10.3 Å². The van der Waals surface area contributed by atoms with Crippen LogP contribution in [0, 0.1) is 0 Å². The van der Waals surface area contributed by atoms with Crippen molar-refractivity contribution in [2.45, 2.75) is 25.9 Å². The first-order chi connectivity index (χ1) is 13.1. The molecule has 0 bridgehead atoms. The predicted octanol–water partition coefficient (Wildman–Crippen LogP) is 3.29. The van der Waals surface area contributed by atoms with Crippen LogP contribution in [-0.4, -0.2) is 36.5 Å². The minimum atomic E-state index is -4.64. The maximum absolute atomic E-state index is 13.2.